The fourth-order valence-corrected chi connectivity index (χ4v) is 1.32. The minimum absolute atomic E-state index is 0.136. The van der Waals surface area contributed by atoms with E-state index >= 15 is 0 Å². The lowest BCUT2D eigenvalue weighted by Gasteiger charge is -2.02. The van der Waals surface area contributed by atoms with Crippen LogP contribution in [-0.4, -0.2) is 12.6 Å². The van der Waals surface area contributed by atoms with Crippen LogP contribution in [0.25, 0.3) is 0 Å². The van der Waals surface area contributed by atoms with Gasteiger partial charge in [-0.2, -0.15) is 0 Å². The zero-order valence-corrected chi connectivity index (χ0v) is 9.30. The van der Waals surface area contributed by atoms with Crippen molar-refractivity contribution in [3.63, 3.8) is 0 Å². The second-order valence-corrected chi connectivity index (χ2v) is 3.34. The second-order valence-electron chi connectivity index (χ2n) is 2.48. The predicted octanol–water partition coefficient (Wildman–Crippen LogP) is 2.63. The molecule has 0 saturated carbocycles. The molecule has 0 N–H and O–H groups in total. The third-order valence-electron chi connectivity index (χ3n) is 1.55. The average molecular weight is 253 g/mol. The molecule has 72 valence electrons. The summed E-state index contributed by atoms with van der Waals surface area (Å²) >= 11 is 3.27. The molecule has 0 aliphatic heterocycles. The van der Waals surface area contributed by atoms with Gasteiger partial charge in [0.05, 0.1) is 5.56 Å². The topological polar surface area (TPSA) is 26.3 Å². The first-order valence-corrected chi connectivity index (χ1v) is 4.86. The molecular formula is C11H9BrO2. The highest BCUT2D eigenvalue weighted by Crippen LogP contribution is 2.16. The van der Waals surface area contributed by atoms with Gasteiger partial charge in [0.15, 0.2) is 6.61 Å². The molecule has 0 saturated heterocycles. The molecule has 0 spiro atoms. The molecule has 1 aromatic rings. The molecule has 0 unspecified atom stereocenters. The summed E-state index contributed by atoms with van der Waals surface area (Å²) in [5.74, 6) is 4.95. The molecule has 0 aromatic heterocycles. The van der Waals surface area contributed by atoms with E-state index in [0.29, 0.717) is 5.56 Å². The van der Waals surface area contributed by atoms with Crippen LogP contribution in [0, 0.1) is 11.8 Å². The Balaban J connectivity index is 2.68. The van der Waals surface area contributed by atoms with Crippen LogP contribution in [-0.2, 0) is 4.74 Å². The van der Waals surface area contributed by atoms with Crippen molar-refractivity contribution in [2.24, 2.45) is 0 Å². The Morgan fingerprint density at radius 2 is 2.21 bits per heavy atom. The Hall–Kier alpha value is -1.27. The standard InChI is InChI=1S/C11H9BrO2/c1-2-3-8-14-11(13)9-6-4-5-7-10(9)12/h4-7H,8H2,1H3. The van der Waals surface area contributed by atoms with E-state index in [-0.39, 0.29) is 12.6 Å². The highest BCUT2D eigenvalue weighted by molar-refractivity contribution is 9.10. The van der Waals surface area contributed by atoms with E-state index in [9.17, 15) is 4.79 Å². The molecule has 0 fully saturated rings. The molecule has 2 nitrogen and oxygen atoms in total. The lowest BCUT2D eigenvalue weighted by molar-refractivity contribution is 0.0555. The Labute approximate surface area is 91.4 Å². The zero-order chi connectivity index (χ0) is 10.4. The maximum atomic E-state index is 11.4. The first-order valence-electron chi connectivity index (χ1n) is 4.07. The molecule has 14 heavy (non-hydrogen) atoms. The van der Waals surface area contributed by atoms with Crippen molar-refractivity contribution in [3.05, 3.63) is 34.3 Å². The van der Waals surface area contributed by atoms with Gasteiger partial charge in [-0.3, -0.25) is 0 Å². The summed E-state index contributed by atoms with van der Waals surface area (Å²) in [5.41, 5.74) is 0.519. The molecule has 0 aliphatic rings. The fourth-order valence-electron chi connectivity index (χ4n) is 0.878. The summed E-state index contributed by atoms with van der Waals surface area (Å²) in [6.45, 7) is 1.84. The predicted molar refractivity (Wildman–Crippen MR) is 57.9 cm³/mol. The van der Waals surface area contributed by atoms with Gasteiger partial charge in [0.2, 0.25) is 0 Å². The lowest BCUT2D eigenvalue weighted by Crippen LogP contribution is -2.05. The summed E-state index contributed by atoms with van der Waals surface area (Å²) < 4.78 is 5.64. The van der Waals surface area contributed by atoms with Crippen LogP contribution in [0.15, 0.2) is 28.7 Å². The third-order valence-corrected chi connectivity index (χ3v) is 2.24. The van der Waals surface area contributed by atoms with Crippen LogP contribution < -0.4 is 0 Å². The Morgan fingerprint density at radius 1 is 1.50 bits per heavy atom. The number of hydrogen-bond acceptors (Lipinski definition) is 2. The van der Waals surface area contributed by atoms with Crippen LogP contribution in [0.5, 0.6) is 0 Å². The summed E-state index contributed by atoms with van der Waals surface area (Å²) in [5, 5.41) is 0. The first kappa shape index (κ1) is 10.8. The number of carbonyl (C=O) groups is 1. The van der Waals surface area contributed by atoms with Crippen LogP contribution in [0.3, 0.4) is 0 Å². The van der Waals surface area contributed by atoms with E-state index in [4.69, 9.17) is 4.74 Å². The van der Waals surface area contributed by atoms with Crippen LogP contribution >= 0.6 is 15.9 Å². The molecule has 1 aromatic carbocycles. The van der Waals surface area contributed by atoms with Gasteiger partial charge in [0.1, 0.15) is 0 Å². The van der Waals surface area contributed by atoms with Crippen molar-refractivity contribution in [1.29, 1.82) is 0 Å². The van der Waals surface area contributed by atoms with Crippen molar-refractivity contribution in [2.75, 3.05) is 6.61 Å². The number of rotatable bonds is 2. The van der Waals surface area contributed by atoms with E-state index in [1.807, 2.05) is 6.07 Å². The quantitative estimate of drug-likeness (QED) is 0.598. The lowest BCUT2D eigenvalue weighted by atomic mass is 10.2. The molecule has 0 heterocycles. The molecule has 3 heteroatoms. The van der Waals surface area contributed by atoms with Crippen molar-refractivity contribution >= 4 is 21.9 Å². The van der Waals surface area contributed by atoms with E-state index in [0.717, 1.165) is 4.47 Å². The zero-order valence-electron chi connectivity index (χ0n) is 7.71. The smallest absolute Gasteiger partial charge is 0.340 e. The second kappa shape index (κ2) is 5.46. The Bertz CT molecular complexity index is 388. The van der Waals surface area contributed by atoms with Crippen molar-refractivity contribution in [3.8, 4) is 11.8 Å². The number of halogens is 1. The number of carbonyl (C=O) groups excluding carboxylic acids is 1. The molecule has 0 bridgehead atoms. The summed E-state index contributed by atoms with van der Waals surface area (Å²) in [6.07, 6.45) is 0. The van der Waals surface area contributed by atoms with Gasteiger partial charge < -0.3 is 4.74 Å². The minimum atomic E-state index is -0.361. The molecule has 1 rings (SSSR count). The number of hydrogen-bond donors (Lipinski definition) is 0. The third kappa shape index (κ3) is 2.90. The van der Waals surface area contributed by atoms with Gasteiger partial charge in [-0.25, -0.2) is 4.79 Å². The number of ether oxygens (including phenoxy) is 1. The SMILES string of the molecule is CC#CCOC(=O)c1ccccc1Br. The van der Waals surface area contributed by atoms with Gasteiger partial charge in [-0.15, -0.1) is 5.92 Å². The maximum Gasteiger partial charge on any atom is 0.340 e. The van der Waals surface area contributed by atoms with Gasteiger partial charge in [-0.05, 0) is 35.0 Å². The number of esters is 1. The monoisotopic (exact) mass is 252 g/mol. The van der Waals surface area contributed by atoms with Crippen LogP contribution in [0.4, 0.5) is 0 Å². The van der Waals surface area contributed by atoms with Crippen LogP contribution in [0.1, 0.15) is 17.3 Å². The van der Waals surface area contributed by atoms with Crippen molar-refractivity contribution < 1.29 is 9.53 Å². The fraction of sp³-hybridized carbons (Fsp3) is 0.182. The highest BCUT2D eigenvalue weighted by atomic mass is 79.9. The van der Waals surface area contributed by atoms with Crippen molar-refractivity contribution in [2.45, 2.75) is 6.92 Å². The maximum absolute atomic E-state index is 11.4. The van der Waals surface area contributed by atoms with Gasteiger partial charge >= 0.3 is 5.97 Å². The van der Waals surface area contributed by atoms with E-state index in [2.05, 4.69) is 27.8 Å². The van der Waals surface area contributed by atoms with E-state index in [1.54, 1.807) is 25.1 Å². The van der Waals surface area contributed by atoms with E-state index < -0.39 is 0 Å². The molecule has 0 radical (unpaired) electrons. The molecular weight excluding hydrogens is 244 g/mol. The van der Waals surface area contributed by atoms with Crippen molar-refractivity contribution in [1.82, 2.24) is 0 Å². The molecule has 0 amide bonds. The minimum Gasteiger partial charge on any atom is -0.449 e. The van der Waals surface area contributed by atoms with Gasteiger partial charge in [-0.1, -0.05) is 18.1 Å². The van der Waals surface area contributed by atoms with E-state index in [1.165, 1.54) is 0 Å². The normalized spacial score (nSPS) is 8.71. The summed E-state index contributed by atoms with van der Waals surface area (Å²) in [4.78, 5) is 11.4. The summed E-state index contributed by atoms with van der Waals surface area (Å²) in [7, 11) is 0. The van der Waals surface area contributed by atoms with Crippen LogP contribution in [0.2, 0.25) is 0 Å². The average Bonchev–Trinajstić information content (AvgIpc) is 2.18. The molecule has 0 aliphatic carbocycles. The first-order chi connectivity index (χ1) is 6.75. The van der Waals surface area contributed by atoms with Gasteiger partial charge in [0, 0.05) is 4.47 Å². The summed E-state index contributed by atoms with van der Waals surface area (Å²) in [6, 6.07) is 7.12. The Kier molecular flexibility index (Phi) is 4.21. The Morgan fingerprint density at radius 3 is 2.86 bits per heavy atom. The largest absolute Gasteiger partial charge is 0.449 e. The van der Waals surface area contributed by atoms with Gasteiger partial charge in [0.25, 0.3) is 0 Å². The highest BCUT2D eigenvalue weighted by Gasteiger charge is 2.09. The number of benzene rings is 1. The molecule has 0 atom stereocenters.